The Bertz CT molecular complexity index is 525. The number of amides is 1. The van der Waals surface area contributed by atoms with Gasteiger partial charge in [0.05, 0.1) is 7.11 Å². The summed E-state index contributed by atoms with van der Waals surface area (Å²) in [7, 11) is 1.47. The topological polar surface area (TPSA) is 70.6 Å². The molecule has 88 valence electrons. The maximum absolute atomic E-state index is 11.4. The van der Waals surface area contributed by atoms with Gasteiger partial charge in [-0.15, -0.1) is 0 Å². The van der Waals surface area contributed by atoms with Crippen LogP contribution in [0.1, 0.15) is 5.56 Å². The van der Waals surface area contributed by atoms with Gasteiger partial charge >= 0.3 is 0 Å². The first kappa shape index (κ1) is 11.4. The van der Waals surface area contributed by atoms with Crippen molar-refractivity contribution < 1.29 is 14.6 Å². The van der Waals surface area contributed by atoms with Gasteiger partial charge in [-0.2, -0.15) is 0 Å². The number of hydrogen-bond donors (Lipinski definition) is 3. The highest BCUT2D eigenvalue weighted by Gasteiger charge is 2.19. The number of ether oxygens (including phenoxy) is 1. The zero-order chi connectivity index (χ0) is 12.4. The fourth-order valence-corrected chi connectivity index (χ4v) is 1.65. The Morgan fingerprint density at radius 1 is 1.41 bits per heavy atom. The van der Waals surface area contributed by atoms with Crippen molar-refractivity contribution in [3.8, 4) is 11.5 Å². The van der Waals surface area contributed by atoms with Gasteiger partial charge in [0.25, 0.3) is 5.91 Å². The second kappa shape index (κ2) is 4.42. The molecule has 5 nitrogen and oxygen atoms in total. The van der Waals surface area contributed by atoms with Crippen molar-refractivity contribution in [2.75, 3.05) is 7.11 Å². The minimum Gasteiger partial charge on any atom is -0.504 e. The van der Waals surface area contributed by atoms with E-state index in [9.17, 15) is 9.90 Å². The van der Waals surface area contributed by atoms with Crippen LogP contribution in [-0.4, -0.2) is 23.2 Å². The summed E-state index contributed by atoms with van der Waals surface area (Å²) in [5, 5.41) is 15.0. The summed E-state index contributed by atoms with van der Waals surface area (Å²) < 4.78 is 4.92. The molecule has 1 aromatic rings. The lowest BCUT2D eigenvalue weighted by Gasteiger charge is -2.03. The minimum atomic E-state index is -0.287. The van der Waals surface area contributed by atoms with Crippen molar-refractivity contribution in [1.29, 1.82) is 0 Å². The number of nitrogens with one attached hydrogen (secondary N) is 2. The monoisotopic (exact) mass is 250 g/mol. The molecule has 0 aliphatic carbocycles. The van der Waals surface area contributed by atoms with Gasteiger partial charge in [0, 0.05) is 0 Å². The lowest BCUT2D eigenvalue weighted by atomic mass is 10.1. The maximum atomic E-state index is 11.4. The van der Waals surface area contributed by atoms with Crippen LogP contribution in [0.25, 0.3) is 6.08 Å². The SMILES string of the molecule is COc1ccc(/C=C2\NC(=S)NC2=O)cc1O. The molecule has 1 amide bonds. The van der Waals surface area contributed by atoms with Gasteiger partial charge in [-0.3, -0.25) is 10.1 Å². The summed E-state index contributed by atoms with van der Waals surface area (Å²) in [6.07, 6.45) is 1.59. The first-order chi connectivity index (χ1) is 8.10. The normalized spacial score (nSPS) is 16.9. The molecule has 17 heavy (non-hydrogen) atoms. The number of rotatable bonds is 2. The Hall–Kier alpha value is -2.08. The van der Waals surface area contributed by atoms with Crippen LogP contribution in [0, 0.1) is 0 Å². The number of aromatic hydroxyl groups is 1. The third kappa shape index (κ3) is 2.36. The second-order valence-electron chi connectivity index (χ2n) is 3.40. The predicted octanol–water partition coefficient (Wildman–Crippen LogP) is 0.746. The largest absolute Gasteiger partial charge is 0.504 e. The summed E-state index contributed by atoms with van der Waals surface area (Å²) >= 11 is 4.80. The van der Waals surface area contributed by atoms with E-state index < -0.39 is 0 Å². The summed E-state index contributed by atoms with van der Waals surface area (Å²) in [6.45, 7) is 0. The number of carbonyl (C=O) groups excluding carboxylic acids is 1. The van der Waals surface area contributed by atoms with E-state index in [4.69, 9.17) is 17.0 Å². The van der Waals surface area contributed by atoms with Crippen molar-refractivity contribution in [3.05, 3.63) is 29.5 Å². The highest BCUT2D eigenvalue weighted by atomic mass is 32.1. The lowest BCUT2D eigenvalue weighted by Crippen LogP contribution is -2.21. The fourth-order valence-electron chi connectivity index (χ4n) is 1.45. The first-order valence-electron chi connectivity index (χ1n) is 4.81. The van der Waals surface area contributed by atoms with Crippen LogP contribution in [0.15, 0.2) is 23.9 Å². The molecule has 0 bridgehead atoms. The Balaban J connectivity index is 2.30. The smallest absolute Gasteiger partial charge is 0.273 e. The number of benzene rings is 1. The first-order valence-corrected chi connectivity index (χ1v) is 5.22. The molecule has 3 N–H and O–H groups in total. The Morgan fingerprint density at radius 3 is 2.71 bits per heavy atom. The number of phenolic OH excluding ortho intramolecular Hbond substituents is 1. The van der Waals surface area contributed by atoms with E-state index in [1.165, 1.54) is 13.2 Å². The standard InChI is InChI=1S/C11H10N2O3S/c1-16-9-3-2-6(5-8(9)14)4-7-10(15)13-11(17)12-7/h2-5,14H,1H3,(H2,12,13,15,17)/b7-4-. The molecule has 1 fully saturated rings. The maximum Gasteiger partial charge on any atom is 0.273 e. The molecular formula is C11H10N2O3S. The number of methoxy groups -OCH3 is 1. The predicted molar refractivity (Wildman–Crippen MR) is 66.5 cm³/mol. The Labute approximate surface area is 103 Å². The molecule has 0 atom stereocenters. The van der Waals surface area contributed by atoms with Crippen molar-refractivity contribution in [1.82, 2.24) is 10.6 Å². The third-order valence-corrected chi connectivity index (χ3v) is 2.44. The van der Waals surface area contributed by atoms with E-state index in [1.54, 1.807) is 18.2 Å². The quantitative estimate of drug-likeness (QED) is 0.533. The van der Waals surface area contributed by atoms with Crippen LogP contribution in [-0.2, 0) is 4.79 Å². The van der Waals surface area contributed by atoms with Crippen molar-refractivity contribution in [2.24, 2.45) is 0 Å². The molecule has 0 spiro atoms. The van der Waals surface area contributed by atoms with Gasteiger partial charge in [-0.25, -0.2) is 0 Å². The van der Waals surface area contributed by atoms with Gasteiger partial charge in [0.15, 0.2) is 16.6 Å². The average Bonchev–Trinajstić information content (AvgIpc) is 2.58. The zero-order valence-electron chi connectivity index (χ0n) is 8.98. The second-order valence-corrected chi connectivity index (χ2v) is 3.81. The summed E-state index contributed by atoms with van der Waals surface area (Å²) in [5.74, 6) is 0.111. The molecule has 1 aliphatic rings. The summed E-state index contributed by atoms with van der Waals surface area (Å²) in [4.78, 5) is 11.4. The minimum absolute atomic E-state index is 0.0165. The molecule has 0 unspecified atom stereocenters. The highest BCUT2D eigenvalue weighted by molar-refractivity contribution is 7.80. The van der Waals surface area contributed by atoms with Gasteiger partial charge in [-0.05, 0) is 36.0 Å². The highest BCUT2D eigenvalue weighted by Crippen LogP contribution is 2.27. The van der Waals surface area contributed by atoms with Crippen LogP contribution in [0.2, 0.25) is 0 Å². The average molecular weight is 250 g/mol. The van der Waals surface area contributed by atoms with Gasteiger partial charge in [0.1, 0.15) is 5.70 Å². The molecule has 1 aliphatic heterocycles. The fraction of sp³-hybridized carbons (Fsp3) is 0.0909. The Kier molecular flexibility index (Phi) is 2.97. The Morgan fingerprint density at radius 2 is 2.18 bits per heavy atom. The molecular weight excluding hydrogens is 240 g/mol. The number of carbonyl (C=O) groups is 1. The third-order valence-electron chi connectivity index (χ3n) is 2.23. The van der Waals surface area contributed by atoms with Crippen LogP contribution >= 0.6 is 12.2 Å². The van der Waals surface area contributed by atoms with E-state index in [0.717, 1.165) is 0 Å². The van der Waals surface area contributed by atoms with E-state index in [0.29, 0.717) is 17.0 Å². The summed E-state index contributed by atoms with van der Waals surface area (Å²) in [6, 6.07) is 4.84. The van der Waals surface area contributed by atoms with E-state index >= 15 is 0 Å². The van der Waals surface area contributed by atoms with Gasteiger partial charge in [0.2, 0.25) is 0 Å². The number of thiocarbonyl (C=S) groups is 1. The molecule has 0 radical (unpaired) electrons. The molecule has 1 saturated heterocycles. The summed E-state index contributed by atoms with van der Waals surface area (Å²) in [5.41, 5.74) is 1.02. The number of hydrogen-bond acceptors (Lipinski definition) is 4. The lowest BCUT2D eigenvalue weighted by molar-refractivity contribution is -0.115. The van der Waals surface area contributed by atoms with Crippen LogP contribution in [0.5, 0.6) is 11.5 Å². The van der Waals surface area contributed by atoms with E-state index in [-0.39, 0.29) is 16.8 Å². The van der Waals surface area contributed by atoms with Crippen molar-refractivity contribution in [3.63, 3.8) is 0 Å². The van der Waals surface area contributed by atoms with E-state index in [1.807, 2.05) is 0 Å². The van der Waals surface area contributed by atoms with Crippen LogP contribution in [0.4, 0.5) is 0 Å². The van der Waals surface area contributed by atoms with Crippen molar-refractivity contribution >= 4 is 29.3 Å². The molecule has 2 rings (SSSR count). The molecule has 6 heteroatoms. The van der Waals surface area contributed by atoms with Crippen LogP contribution < -0.4 is 15.4 Å². The van der Waals surface area contributed by atoms with Gasteiger partial charge in [-0.1, -0.05) is 6.07 Å². The molecule has 1 heterocycles. The molecule has 0 aromatic heterocycles. The van der Waals surface area contributed by atoms with Crippen molar-refractivity contribution in [2.45, 2.75) is 0 Å². The van der Waals surface area contributed by atoms with Crippen LogP contribution in [0.3, 0.4) is 0 Å². The van der Waals surface area contributed by atoms with E-state index in [2.05, 4.69) is 10.6 Å². The van der Waals surface area contributed by atoms with Gasteiger partial charge < -0.3 is 15.2 Å². The zero-order valence-corrected chi connectivity index (χ0v) is 9.80. The molecule has 0 saturated carbocycles. The number of phenols is 1. The molecule has 1 aromatic carbocycles.